The van der Waals surface area contributed by atoms with Crippen LogP contribution < -0.4 is 15.0 Å². The van der Waals surface area contributed by atoms with Crippen LogP contribution in [0.25, 0.3) is 5.57 Å². The molecule has 1 aliphatic heterocycles. The number of allylic oxidation sites excluding steroid dienone is 6. The molecule has 1 heterocycles. The molecule has 36 heavy (non-hydrogen) atoms. The van der Waals surface area contributed by atoms with E-state index in [4.69, 9.17) is 9.84 Å². The number of carbonyl (C=O) groups is 2. The molecule has 2 aliphatic carbocycles. The number of rotatable bonds is 9. The number of amides is 2. The number of urea groups is 1. The maximum atomic E-state index is 12.8. The lowest BCUT2D eigenvalue weighted by atomic mass is 9.77. The van der Waals surface area contributed by atoms with Crippen LogP contribution in [-0.2, 0) is 4.79 Å². The van der Waals surface area contributed by atoms with Crippen molar-refractivity contribution in [2.75, 3.05) is 24.6 Å². The summed E-state index contributed by atoms with van der Waals surface area (Å²) >= 11 is 0. The summed E-state index contributed by atoms with van der Waals surface area (Å²) in [6, 6.07) is 6.10. The molecule has 3 aliphatic rings. The van der Waals surface area contributed by atoms with Crippen LogP contribution in [0, 0.1) is 11.8 Å². The molecule has 194 valence electrons. The summed E-state index contributed by atoms with van der Waals surface area (Å²) in [6.45, 7) is 3.94. The number of carboxylic acid groups (broad SMARTS) is 1. The van der Waals surface area contributed by atoms with Gasteiger partial charge in [0.05, 0.1) is 12.2 Å². The van der Waals surface area contributed by atoms with E-state index in [0.29, 0.717) is 38.0 Å². The minimum absolute atomic E-state index is 0.0499. The van der Waals surface area contributed by atoms with Crippen molar-refractivity contribution in [2.24, 2.45) is 11.8 Å². The highest BCUT2D eigenvalue weighted by atomic mass is 16.5. The molecule has 0 spiro atoms. The molecular formula is C30H40N2O4. The van der Waals surface area contributed by atoms with Crippen LogP contribution in [0.4, 0.5) is 10.5 Å². The number of fused-ring (bicyclic) bond motifs is 1. The number of hydrogen-bond donors (Lipinski definition) is 2. The first-order chi connectivity index (χ1) is 17.5. The summed E-state index contributed by atoms with van der Waals surface area (Å²) in [4.78, 5) is 25.6. The molecule has 0 radical (unpaired) electrons. The molecule has 0 saturated heterocycles. The highest BCUT2D eigenvalue weighted by Crippen LogP contribution is 2.38. The first kappa shape index (κ1) is 26.1. The summed E-state index contributed by atoms with van der Waals surface area (Å²) in [5, 5.41) is 12.1. The fourth-order valence-electron chi connectivity index (χ4n) is 5.55. The van der Waals surface area contributed by atoms with Gasteiger partial charge in [0.1, 0.15) is 12.4 Å². The third kappa shape index (κ3) is 6.80. The maximum absolute atomic E-state index is 12.8. The molecule has 2 amide bonds. The lowest BCUT2D eigenvalue weighted by Gasteiger charge is -2.30. The van der Waals surface area contributed by atoms with E-state index in [0.717, 1.165) is 61.9 Å². The van der Waals surface area contributed by atoms with E-state index < -0.39 is 5.97 Å². The number of anilines is 1. The van der Waals surface area contributed by atoms with Crippen LogP contribution in [0.2, 0.25) is 0 Å². The Hall–Kier alpha value is -3.02. The number of benzene rings is 1. The topological polar surface area (TPSA) is 78.9 Å². The molecule has 0 bridgehead atoms. The number of nitrogens with zero attached hydrogens (tertiary/aromatic N) is 1. The van der Waals surface area contributed by atoms with Gasteiger partial charge in [-0.1, -0.05) is 56.6 Å². The Morgan fingerprint density at radius 3 is 2.72 bits per heavy atom. The second-order valence-corrected chi connectivity index (χ2v) is 10.3. The van der Waals surface area contributed by atoms with Crippen molar-refractivity contribution in [2.45, 2.75) is 71.1 Å². The molecular weight excluding hydrogens is 452 g/mol. The summed E-state index contributed by atoms with van der Waals surface area (Å²) in [5.74, 6) is 0.899. The van der Waals surface area contributed by atoms with Gasteiger partial charge in [-0.15, -0.1) is 0 Å². The third-order valence-electron chi connectivity index (χ3n) is 7.65. The third-order valence-corrected chi connectivity index (χ3v) is 7.65. The van der Waals surface area contributed by atoms with Crippen LogP contribution >= 0.6 is 0 Å². The number of carboxylic acids is 1. The maximum Gasteiger partial charge on any atom is 0.322 e. The molecule has 1 aromatic carbocycles. The minimum atomic E-state index is -0.681. The van der Waals surface area contributed by atoms with Gasteiger partial charge in [-0.2, -0.15) is 0 Å². The zero-order valence-electron chi connectivity index (χ0n) is 21.5. The lowest BCUT2D eigenvalue weighted by Crippen LogP contribution is -2.44. The quantitative estimate of drug-likeness (QED) is 0.375. The molecule has 4 rings (SSSR count). The highest BCUT2D eigenvalue weighted by molar-refractivity contribution is 5.94. The number of aliphatic carboxylic acids is 1. The van der Waals surface area contributed by atoms with Crippen LogP contribution in [0.1, 0.15) is 76.7 Å². The Bertz CT molecular complexity index is 1020. The van der Waals surface area contributed by atoms with Crippen molar-refractivity contribution in [3.8, 4) is 5.75 Å². The predicted molar refractivity (Wildman–Crippen MR) is 144 cm³/mol. The van der Waals surface area contributed by atoms with Gasteiger partial charge < -0.3 is 15.2 Å². The van der Waals surface area contributed by atoms with Gasteiger partial charge in [-0.3, -0.25) is 9.69 Å². The fraction of sp³-hybridized carbons (Fsp3) is 0.533. The second kappa shape index (κ2) is 12.8. The summed E-state index contributed by atoms with van der Waals surface area (Å²) in [5.41, 5.74) is 4.51. The summed E-state index contributed by atoms with van der Waals surface area (Å²) in [7, 11) is 0. The normalized spacial score (nSPS) is 21.5. The van der Waals surface area contributed by atoms with E-state index in [-0.39, 0.29) is 6.03 Å². The largest absolute Gasteiger partial charge is 0.490 e. The van der Waals surface area contributed by atoms with E-state index in [1.54, 1.807) is 4.90 Å². The molecule has 0 atom stereocenters. The molecule has 0 aromatic heterocycles. The van der Waals surface area contributed by atoms with Gasteiger partial charge in [-0.25, -0.2) is 4.79 Å². The fourth-order valence-corrected chi connectivity index (χ4v) is 5.55. The van der Waals surface area contributed by atoms with Crippen LogP contribution in [0.3, 0.4) is 0 Å². The number of hydrogen-bond acceptors (Lipinski definition) is 3. The Balaban J connectivity index is 1.40. The van der Waals surface area contributed by atoms with E-state index in [9.17, 15) is 9.59 Å². The van der Waals surface area contributed by atoms with Gasteiger partial charge in [0, 0.05) is 13.0 Å². The predicted octanol–water partition coefficient (Wildman–Crippen LogP) is 6.73. The van der Waals surface area contributed by atoms with Gasteiger partial charge >= 0.3 is 12.0 Å². The molecule has 1 fully saturated rings. The van der Waals surface area contributed by atoms with Crippen LogP contribution in [0.15, 0.2) is 48.1 Å². The van der Waals surface area contributed by atoms with E-state index in [2.05, 4.69) is 48.7 Å². The highest BCUT2D eigenvalue weighted by Gasteiger charge is 2.26. The average molecular weight is 493 g/mol. The van der Waals surface area contributed by atoms with E-state index >= 15 is 0 Å². The zero-order chi connectivity index (χ0) is 25.3. The minimum Gasteiger partial charge on any atom is -0.490 e. The summed E-state index contributed by atoms with van der Waals surface area (Å²) < 4.78 is 5.95. The van der Waals surface area contributed by atoms with Crippen molar-refractivity contribution in [3.05, 3.63) is 53.6 Å². The van der Waals surface area contributed by atoms with Crippen LogP contribution in [0.5, 0.6) is 5.75 Å². The van der Waals surface area contributed by atoms with Crippen molar-refractivity contribution < 1.29 is 19.4 Å². The summed E-state index contributed by atoms with van der Waals surface area (Å²) in [6.07, 6.45) is 18.7. The zero-order valence-corrected chi connectivity index (χ0v) is 21.5. The molecule has 1 aromatic rings. The molecule has 2 N–H and O–H groups in total. The van der Waals surface area contributed by atoms with Crippen LogP contribution in [-0.4, -0.2) is 36.8 Å². The number of unbranched alkanes of at least 4 members (excludes halogenated alkanes) is 3. The monoisotopic (exact) mass is 492 g/mol. The lowest BCUT2D eigenvalue weighted by molar-refractivity contribution is -0.138. The molecule has 6 nitrogen and oxygen atoms in total. The van der Waals surface area contributed by atoms with Gasteiger partial charge in [0.15, 0.2) is 0 Å². The average Bonchev–Trinajstić information content (AvgIpc) is 3.14. The smallest absolute Gasteiger partial charge is 0.322 e. The molecule has 1 saturated carbocycles. The Labute approximate surface area is 215 Å². The second-order valence-electron chi connectivity index (χ2n) is 10.3. The van der Waals surface area contributed by atoms with Crippen molar-refractivity contribution in [3.63, 3.8) is 0 Å². The standard InChI is InChI=1S/C30H40N2O4/c1-2-3-4-5-17-31-30(35)32-18-19-36-28-21-26(15-16-27(28)32)24-8-6-7-23(13-14-24)25-11-9-22(10-12-25)20-29(33)34/h6-7,13-16,21-22,25H,2-5,8-12,17-20H2,1H3,(H,31,35)(H,33,34). The Morgan fingerprint density at radius 2 is 1.94 bits per heavy atom. The number of carbonyl (C=O) groups excluding carboxylic acids is 1. The molecule has 6 heteroatoms. The van der Waals surface area contributed by atoms with E-state index in [1.165, 1.54) is 24.0 Å². The SMILES string of the molecule is CCCCCCNC(=O)N1CCOc2cc(C3=CC=C(C4CCC(CC(=O)O)CC4)C=CC3)ccc21. The molecule has 0 unspecified atom stereocenters. The Kier molecular flexibility index (Phi) is 9.26. The van der Waals surface area contributed by atoms with Crippen molar-refractivity contribution >= 4 is 23.3 Å². The van der Waals surface area contributed by atoms with Gasteiger partial charge in [-0.05, 0) is 79.2 Å². The van der Waals surface area contributed by atoms with Gasteiger partial charge in [0.2, 0.25) is 0 Å². The van der Waals surface area contributed by atoms with Crippen molar-refractivity contribution in [1.82, 2.24) is 5.32 Å². The number of nitrogens with one attached hydrogen (secondary N) is 1. The Morgan fingerprint density at radius 1 is 1.11 bits per heavy atom. The number of ether oxygens (including phenoxy) is 1. The van der Waals surface area contributed by atoms with E-state index in [1.807, 2.05) is 6.07 Å². The first-order valence-corrected chi connectivity index (χ1v) is 13.7. The first-order valence-electron chi connectivity index (χ1n) is 13.7. The van der Waals surface area contributed by atoms with Crippen molar-refractivity contribution in [1.29, 1.82) is 0 Å². The van der Waals surface area contributed by atoms with Gasteiger partial charge in [0.25, 0.3) is 0 Å².